The van der Waals surface area contributed by atoms with Crippen molar-refractivity contribution < 1.29 is 0 Å². The lowest BCUT2D eigenvalue weighted by atomic mass is 10.2. The molecule has 0 fully saturated rings. The van der Waals surface area contributed by atoms with Gasteiger partial charge in [0.1, 0.15) is 11.3 Å². The first kappa shape index (κ1) is 8.10. The number of aryl methyl sites for hydroxylation is 3. The van der Waals surface area contributed by atoms with Crippen LogP contribution in [-0.4, -0.2) is 15.0 Å². The van der Waals surface area contributed by atoms with E-state index in [4.69, 9.17) is 0 Å². The summed E-state index contributed by atoms with van der Waals surface area (Å²) in [5.41, 5.74) is 3.91. The molecule has 66 valence electrons. The number of nitrogens with zero attached hydrogens (tertiary/aromatic N) is 3. The first-order chi connectivity index (χ1) is 6.16. The quantitative estimate of drug-likeness (QED) is 0.611. The van der Waals surface area contributed by atoms with Crippen LogP contribution in [0.15, 0.2) is 12.3 Å². The average Bonchev–Trinajstić information content (AvgIpc) is 2.02. The summed E-state index contributed by atoms with van der Waals surface area (Å²) in [6.45, 7) is 5.87. The molecule has 2 heterocycles. The van der Waals surface area contributed by atoms with E-state index < -0.39 is 0 Å². The van der Waals surface area contributed by atoms with Gasteiger partial charge in [-0.1, -0.05) is 0 Å². The van der Waals surface area contributed by atoms with E-state index in [-0.39, 0.29) is 0 Å². The van der Waals surface area contributed by atoms with Crippen LogP contribution < -0.4 is 0 Å². The van der Waals surface area contributed by atoms with Gasteiger partial charge in [0, 0.05) is 6.20 Å². The smallest absolute Gasteiger partial charge is 0.126 e. The predicted octanol–water partition coefficient (Wildman–Crippen LogP) is 1.95. The molecule has 3 heteroatoms. The minimum absolute atomic E-state index is 0.803. The van der Waals surface area contributed by atoms with Gasteiger partial charge < -0.3 is 0 Å². The van der Waals surface area contributed by atoms with E-state index in [2.05, 4.69) is 15.0 Å². The standard InChI is InChI=1S/C10H11N3/c1-6-4-9-10(11-5-6)7(2)12-8(3)13-9/h4-5H,1-3H3. The van der Waals surface area contributed by atoms with Crippen molar-refractivity contribution in [3.63, 3.8) is 0 Å². The number of hydrogen-bond acceptors (Lipinski definition) is 3. The van der Waals surface area contributed by atoms with E-state index >= 15 is 0 Å². The van der Waals surface area contributed by atoms with Gasteiger partial charge >= 0.3 is 0 Å². The number of hydrogen-bond donors (Lipinski definition) is 0. The summed E-state index contributed by atoms with van der Waals surface area (Å²) >= 11 is 0. The van der Waals surface area contributed by atoms with E-state index in [9.17, 15) is 0 Å². The highest BCUT2D eigenvalue weighted by Gasteiger charge is 2.02. The fourth-order valence-electron chi connectivity index (χ4n) is 1.41. The molecule has 0 atom stereocenters. The molecule has 0 N–H and O–H groups in total. The maximum absolute atomic E-state index is 4.32. The monoisotopic (exact) mass is 173 g/mol. The third-order valence-corrected chi connectivity index (χ3v) is 1.96. The van der Waals surface area contributed by atoms with Crippen LogP contribution in [0.2, 0.25) is 0 Å². The Morgan fingerprint density at radius 3 is 2.62 bits per heavy atom. The molecular formula is C10H11N3. The van der Waals surface area contributed by atoms with E-state index in [1.807, 2.05) is 33.0 Å². The van der Waals surface area contributed by atoms with Gasteiger partial charge in [0.05, 0.1) is 11.2 Å². The summed E-state index contributed by atoms with van der Waals surface area (Å²) in [6.07, 6.45) is 1.84. The fraction of sp³-hybridized carbons (Fsp3) is 0.300. The molecule has 0 aliphatic carbocycles. The van der Waals surface area contributed by atoms with E-state index in [0.29, 0.717) is 0 Å². The van der Waals surface area contributed by atoms with Crippen LogP contribution >= 0.6 is 0 Å². The highest BCUT2D eigenvalue weighted by Crippen LogP contribution is 2.13. The summed E-state index contributed by atoms with van der Waals surface area (Å²) in [6, 6.07) is 2.03. The normalized spacial score (nSPS) is 10.7. The summed E-state index contributed by atoms with van der Waals surface area (Å²) < 4.78 is 0. The summed E-state index contributed by atoms with van der Waals surface area (Å²) in [5.74, 6) is 0.803. The van der Waals surface area contributed by atoms with Gasteiger partial charge in [-0.15, -0.1) is 0 Å². The molecule has 0 bridgehead atoms. The Balaban J connectivity index is 2.86. The van der Waals surface area contributed by atoms with Gasteiger partial charge in [0.2, 0.25) is 0 Å². The van der Waals surface area contributed by atoms with Crippen molar-refractivity contribution in [3.05, 3.63) is 29.3 Å². The maximum atomic E-state index is 4.32. The van der Waals surface area contributed by atoms with Crippen molar-refractivity contribution in [1.82, 2.24) is 15.0 Å². The van der Waals surface area contributed by atoms with Crippen molar-refractivity contribution in [1.29, 1.82) is 0 Å². The van der Waals surface area contributed by atoms with Crippen molar-refractivity contribution in [2.45, 2.75) is 20.8 Å². The van der Waals surface area contributed by atoms with Gasteiger partial charge in [-0.3, -0.25) is 4.98 Å². The molecule has 0 saturated carbocycles. The van der Waals surface area contributed by atoms with E-state index in [0.717, 1.165) is 28.1 Å². The lowest BCUT2D eigenvalue weighted by molar-refractivity contribution is 1.04. The molecule has 0 aliphatic rings. The minimum atomic E-state index is 0.803. The Kier molecular flexibility index (Phi) is 1.72. The molecule has 2 aromatic heterocycles. The fourth-order valence-corrected chi connectivity index (χ4v) is 1.41. The predicted molar refractivity (Wildman–Crippen MR) is 51.5 cm³/mol. The van der Waals surface area contributed by atoms with Crippen molar-refractivity contribution in [2.75, 3.05) is 0 Å². The van der Waals surface area contributed by atoms with Crippen LogP contribution in [0.3, 0.4) is 0 Å². The van der Waals surface area contributed by atoms with E-state index in [1.54, 1.807) is 0 Å². The molecule has 0 aromatic carbocycles. The summed E-state index contributed by atoms with van der Waals surface area (Å²) in [7, 11) is 0. The highest BCUT2D eigenvalue weighted by molar-refractivity contribution is 5.76. The van der Waals surface area contributed by atoms with Gasteiger partial charge in [0.15, 0.2) is 0 Å². The van der Waals surface area contributed by atoms with Crippen molar-refractivity contribution in [3.8, 4) is 0 Å². The lowest BCUT2D eigenvalue weighted by Crippen LogP contribution is -1.95. The van der Waals surface area contributed by atoms with Crippen LogP contribution in [0.25, 0.3) is 11.0 Å². The highest BCUT2D eigenvalue weighted by atomic mass is 14.9. The number of rotatable bonds is 0. The van der Waals surface area contributed by atoms with Gasteiger partial charge in [-0.05, 0) is 32.4 Å². The zero-order valence-corrected chi connectivity index (χ0v) is 8.00. The number of aromatic nitrogens is 3. The second kappa shape index (κ2) is 2.76. The minimum Gasteiger partial charge on any atom is -0.252 e. The Bertz CT molecular complexity index is 458. The zero-order chi connectivity index (χ0) is 9.42. The van der Waals surface area contributed by atoms with E-state index in [1.165, 1.54) is 0 Å². The van der Waals surface area contributed by atoms with Crippen molar-refractivity contribution in [2.24, 2.45) is 0 Å². The Morgan fingerprint density at radius 2 is 1.85 bits per heavy atom. The van der Waals surface area contributed by atoms with Gasteiger partial charge in [-0.2, -0.15) is 0 Å². The number of fused-ring (bicyclic) bond motifs is 1. The molecule has 0 amide bonds. The van der Waals surface area contributed by atoms with Crippen LogP contribution in [0.1, 0.15) is 17.1 Å². The first-order valence-corrected chi connectivity index (χ1v) is 4.24. The third kappa shape index (κ3) is 1.37. The zero-order valence-electron chi connectivity index (χ0n) is 8.00. The molecule has 0 spiro atoms. The molecule has 0 radical (unpaired) electrons. The molecule has 0 aliphatic heterocycles. The molecule has 2 aromatic rings. The Morgan fingerprint density at radius 1 is 1.08 bits per heavy atom. The Labute approximate surface area is 76.9 Å². The molecule has 13 heavy (non-hydrogen) atoms. The van der Waals surface area contributed by atoms with Crippen LogP contribution in [0.5, 0.6) is 0 Å². The van der Waals surface area contributed by atoms with Gasteiger partial charge in [-0.25, -0.2) is 9.97 Å². The summed E-state index contributed by atoms with van der Waals surface area (Å²) in [4.78, 5) is 12.9. The van der Waals surface area contributed by atoms with Crippen LogP contribution in [-0.2, 0) is 0 Å². The van der Waals surface area contributed by atoms with Crippen LogP contribution in [0.4, 0.5) is 0 Å². The molecule has 3 nitrogen and oxygen atoms in total. The number of pyridine rings is 1. The second-order valence-corrected chi connectivity index (χ2v) is 3.24. The Hall–Kier alpha value is -1.51. The first-order valence-electron chi connectivity index (χ1n) is 4.24. The van der Waals surface area contributed by atoms with Crippen LogP contribution in [0, 0.1) is 20.8 Å². The largest absolute Gasteiger partial charge is 0.252 e. The molecule has 2 rings (SSSR count). The topological polar surface area (TPSA) is 38.7 Å². The SMILES string of the molecule is Cc1cnc2c(C)nc(C)nc2c1. The second-order valence-electron chi connectivity index (χ2n) is 3.24. The molecule has 0 saturated heterocycles. The molecular weight excluding hydrogens is 162 g/mol. The molecule has 0 unspecified atom stereocenters. The van der Waals surface area contributed by atoms with Gasteiger partial charge in [0.25, 0.3) is 0 Å². The average molecular weight is 173 g/mol. The lowest BCUT2D eigenvalue weighted by Gasteiger charge is -2.01. The summed E-state index contributed by atoms with van der Waals surface area (Å²) in [5, 5.41) is 0. The maximum Gasteiger partial charge on any atom is 0.126 e. The van der Waals surface area contributed by atoms with Crippen molar-refractivity contribution >= 4 is 11.0 Å². The third-order valence-electron chi connectivity index (χ3n) is 1.96.